The van der Waals surface area contributed by atoms with Crippen LogP contribution in [-0.2, 0) is 19.0 Å². The second-order valence-corrected chi connectivity index (χ2v) is 4.21. The van der Waals surface area contributed by atoms with E-state index in [1.165, 1.54) is 0 Å². The van der Waals surface area contributed by atoms with Crippen LogP contribution in [0.3, 0.4) is 0 Å². The smallest absolute Gasteiger partial charge is 0.308 e. The molecule has 0 saturated carbocycles. The van der Waals surface area contributed by atoms with Crippen LogP contribution in [0, 0.1) is 5.92 Å². The van der Waals surface area contributed by atoms with E-state index in [0.29, 0.717) is 26.4 Å². The second-order valence-electron chi connectivity index (χ2n) is 4.21. The van der Waals surface area contributed by atoms with Crippen molar-refractivity contribution in [2.24, 2.45) is 5.92 Å². The van der Waals surface area contributed by atoms with Gasteiger partial charge in [0.25, 0.3) is 0 Å². The fourth-order valence-corrected chi connectivity index (χ4v) is 0.950. The van der Waals surface area contributed by atoms with Gasteiger partial charge in [0.05, 0.1) is 18.6 Å². The quantitative estimate of drug-likeness (QED) is 0.450. The molecule has 4 nitrogen and oxygen atoms in total. The Morgan fingerprint density at radius 3 is 2.25 bits per heavy atom. The van der Waals surface area contributed by atoms with Gasteiger partial charge in [-0.25, -0.2) is 0 Å². The average molecular weight is 232 g/mol. The minimum atomic E-state index is -0.174. The Hall–Kier alpha value is -0.610. The summed E-state index contributed by atoms with van der Waals surface area (Å²) in [5, 5.41) is 0. The number of rotatable bonds is 9. The largest absolute Gasteiger partial charge is 0.463 e. The molecule has 0 aliphatic rings. The Balaban J connectivity index is 3.13. The van der Waals surface area contributed by atoms with Gasteiger partial charge in [0.1, 0.15) is 6.61 Å². The summed E-state index contributed by atoms with van der Waals surface area (Å²) >= 11 is 0. The normalized spacial score (nSPS) is 11.1. The number of esters is 1. The van der Waals surface area contributed by atoms with Gasteiger partial charge < -0.3 is 14.2 Å². The molecule has 0 saturated heterocycles. The van der Waals surface area contributed by atoms with Gasteiger partial charge in [-0.1, -0.05) is 13.8 Å². The summed E-state index contributed by atoms with van der Waals surface area (Å²) < 4.78 is 15.6. The minimum Gasteiger partial charge on any atom is -0.463 e. The number of ether oxygens (including phenoxy) is 3. The van der Waals surface area contributed by atoms with Crippen LogP contribution in [0.25, 0.3) is 0 Å². The van der Waals surface area contributed by atoms with Crippen molar-refractivity contribution in [3.05, 3.63) is 0 Å². The lowest BCUT2D eigenvalue weighted by Crippen LogP contribution is -2.15. The zero-order valence-corrected chi connectivity index (χ0v) is 10.8. The van der Waals surface area contributed by atoms with E-state index in [1.54, 1.807) is 0 Å². The molecule has 0 N–H and O–H groups in total. The molecule has 0 rings (SSSR count). The van der Waals surface area contributed by atoms with Gasteiger partial charge in [0.15, 0.2) is 0 Å². The molecule has 0 heterocycles. The first-order valence-corrected chi connectivity index (χ1v) is 5.90. The summed E-state index contributed by atoms with van der Waals surface area (Å²) in [7, 11) is 0. The van der Waals surface area contributed by atoms with Crippen molar-refractivity contribution < 1.29 is 19.0 Å². The molecule has 0 aliphatic carbocycles. The maximum Gasteiger partial charge on any atom is 0.308 e. The molecule has 0 spiro atoms. The number of carbonyl (C=O) groups excluding carboxylic acids is 1. The van der Waals surface area contributed by atoms with E-state index in [4.69, 9.17) is 14.2 Å². The fraction of sp³-hybridized carbons (Fsp3) is 0.917. The van der Waals surface area contributed by atoms with Gasteiger partial charge in [-0.15, -0.1) is 0 Å². The SMILES string of the molecule is CC(C)OCCCOCCOC(=O)C(C)C. The van der Waals surface area contributed by atoms with E-state index in [2.05, 4.69) is 0 Å². The molecular weight excluding hydrogens is 208 g/mol. The molecule has 96 valence electrons. The topological polar surface area (TPSA) is 44.8 Å². The Kier molecular flexibility index (Phi) is 9.24. The third-order valence-corrected chi connectivity index (χ3v) is 1.83. The van der Waals surface area contributed by atoms with E-state index >= 15 is 0 Å². The maximum absolute atomic E-state index is 11.1. The molecule has 0 aromatic heterocycles. The van der Waals surface area contributed by atoms with Gasteiger partial charge in [-0.3, -0.25) is 4.79 Å². The van der Waals surface area contributed by atoms with E-state index < -0.39 is 0 Å². The molecule has 4 heteroatoms. The van der Waals surface area contributed by atoms with Crippen molar-refractivity contribution >= 4 is 5.97 Å². The number of carbonyl (C=O) groups is 1. The molecule has 0 aromatic rings. The summed E-state index contributed by atoms with van der Waals surface area (Å²) in [6.45, 7) is 9.79. The molecule has 0 bridgehead atoms. The van der Waals surface area contributed by atoms with Crippen LogP contribution in [0.2, 0.25) is 0 Å². The van der Waals surface area contributed by atoms with Gasteiger partial charge in [-0.2, -0.15) is 0 Å². The molecule has 0 radical (unpaired) electrons. The molecule has 0 aliphatic heterocycles. The Bertz CT molecular complexity index is 178. The highest BCUT2D eigenvalue weighted by Crippen LogP contribution is 1.95. The summed E-state index contributed by atoms with van der Waals surface area (Å²) in [5.74, 6) is -0.244. The molecular formula is C12H24O4. The standard InChI is InChI=1S/C12H24O4/c1-10(2)12(13)16-9-8-14-6-5-7-15-11(3)4/h10-11H,5-9H2,1-4H3. The van der Waals surface area contributed by atoms with Crippen LogP contribution in [0.1, 0.15) is 34.1 Å². The van der Waals surface area contributed by atoms with Crippen molar-refractivity contribution in [3.8, 4) is 0 Å². The van der Waals surface area contributed by atoms with Gasteiger partial charge >= 0.3 is 5.97 Å². The third-order valence-electron chi connectivity index (χ3n) is 1.83. The fourth-order valence-electron chi connectivity index (χ4n) is 0.950. The Morgan fingerprint density at radius 1 is 1.00 bits per heavy atom. The van der Waals surface area contributed by atoms with Crippen molar-refractivity contribution in [3.63, 3.8) is 0 Å². The molecule has 0 amide bonds. The first-order chi connectivity index (χ1) is 7.54. The highest BCUT2D eigenvalue weighted by Gasteiger charge is 2.06. The summed E-state index contributed by atoms with van der Waals surface area (Å²) in [5.41, 5.74) is 0. The predicted molar refractivity (Wildman–Crippen MR) is 62.3 cm³/mol. The predicted octanol–water partition coefficient (Wildman–Crippen LogP) is 2.02. The van der Waals surface area contributed by atoms with Gasteiger partial charge in [0, 0.05) is 13.2 Å². The van der Waals surface area contributed by atoms with Crippen molar-refractivity contribution in [1.29, 1.82) is 0 Å². The Labute approximate surface area is 98.3 Å². The monoisotopic (exact) mass is 232 g/mol. The third kappa shape index (κ3) is 9.93. The summed E-state index contributed by atoms with van der Waals surface area (Å²) in [6.07, 6.45) is 1.14. The molecule has 0 fully saturated rings. The lowest BCUT2D eigenvalue weighted by molar-refractivity contribution is -0.148. The van der Waals surface area contributed by atoms with Crippen LogP contribution in [-0.4, -0.2) is 38.5 Å². The van der Waals surface area contributed by atoms with Crippen LogP contribution in [0.5, 0.6) is 0 Å². The highest BCUT2D eigenvalue weighted by molar-refractivity contribution is 5.71. The van der Waals surface area contributed by atoms with Crippen molar-refractivity contribution in [2.75, 3.05) is 26.4 Å². The molecule has 0 unspecified atom stereocenters. The maximum atomic E-state index is 11.1. The lowest BCUT2D eigenvalue weighted by Gasteiger charge is -2.09. The summed E-state index contributed by atoms with van der Waals surface area (Å²) in [4.78, 5) is 11.1. The minimum absolute atomic E-state index is 0.0700. The van der Waals surface area contributed by atoms with Crippen LogP contribution >= 0.6 is 0 Å². The molecule has 0 aromatic carbocycles. The zero-order valence-electron chi connectivity index (χ0n) is 10.8. The average Bonchev–Trinajstić information content (AvgIpc) is 2.21. The van der Waals surface area contributed by atoms with E-state index in [9.17, 15) is 4.79 Å². The molecule has 0 atom stereocenters. The number of hydrogen-bond donors (Lipinski definition) is 0. The van der Waals surface area contributed by atoms with E-state index in [1.807, 2.05) is 27.7 Å². The lowest BCUT2D eigenvalue weighted by atomic mass is 10.2. The van der Waals surface area contributed by atoms with Crippen molar-refractivity contribution in [2.45, 2.75) is 40.2 Å². The Morgan fingerprint density at radius 2 is 1.69 bits per heavy atom. The second kappa shape index (κ2) is 9.60. The highest BCUT2D eigenvalue weighted by atomic mass is 16.6. The number of hydrogen-bond acceptors (Lipinski definition) is 4. The van der Waals surface area contributed by atoms with Gasteiger partial charge in [0.2, 0.25) is 0 Å². The first-order valence-electron chi connectivity index (χ1n) is 5.90. The van der Waals surface area contributed by atoms with Crippen LogP contribution < -0.4 is 0 Å². The zero-order chi connectivity index (χ0) is 12.4. The van der Waals surface area contributed by atoms with E-state index in [0.717, 1.165) is 6.42 Å². The molecule has 16 heavy (non-hydrogen) atoms. The van der Waals surface area contributed by atoms with Gasteiger partial charge in [-0.05, 0) is 20.3 Å². The van der Waals surface area contributed by atoms with Crippen LogP contribution in [0.15, 0.2) is 0 Å². The van der Waals surface area contributed by atoms with Crippen LogP contribution in [0.4, 0.5) is 0 Å². The summed E-state index contributed by atoms with van der Waals surface area (Å²) in [6, 6.07) is 0. The van der Waals surface area contributed by atoms with E-state index in [-0.39, 0.29) is 18.0 Å². The first kappa shape index (κ1) is 15.4. The van der Waals surface area contributed by atoms with Crippen molar-refractivity contribution in [1.82, 2.24) is 0 Å².